The van der Waals surface area contributed by atoms with Crippen LogP contribution in [-0.2, 0) is 0 Å². The molecule has 54 valence electrons. The number of nitrogens with zero attached hydrogens (tertiary/aromatic N) is 1. The van der Waals surface area contributed by atoms with Crippen LogP contribution in [0.3, 0.4) is 0 Å². The lowest BCUT2D eigenvalue weighted by atomic mass is 10.2. The van der Waals surface area contributed by atoms with Gasteiger partial charge in [0.15, 0.2) is 0 Å². The van der Waals surface area contributed by atoms with Gasteiger partial charge in [-0.3, -0.25) is 4.98 Å². The van der Waals surface area contributed by atoms with E-state index in [9.17, 15) is 0 Å². The zero-order valence-corrected chi connectivity index (χ0v) is 6.34. The zero-order chi connectivity index (χ0) is 7.56. The molecule has 10 heavy (non-hydrogen) atoms. The largest absolute Gasteiger partial charge is 0.387 e. The number of rotatable bonds is 1. The number of hydrogen-bond acceptors (Lipinski definition) is 2. The van der Waals surface area contributed by atoms with Crippen LogP contribution in [0.1, 0.15) is 18.7 Å². The second kappa shape index (κ2) is 2.99. The van der Waals surface area contributed by atoms with Gasteiger partial charge in [0.2, 0.25) is 0 Å². The van der Waals surface area contributed by atoms with Gasteiger partial charge in [0.1, 0.15) is 0 Å². The van der Waals surface area contributed by atoms with Crippen molar-refractivity contribution in [2.45, 2.75) is 13.0 Å². The Bertz CT molecular complexity index is 225. The minimum absolute atomic E-state index is 0.543. The standard InChI is InChI=1S/C7H8ClNO/c1-5(10)7-4-6(8)2-3-9-7/h2-5,10H,1H3/t5-/m0/s1. The van der Waals surface area contributed by atoms with E-state index in [1.54, 1.807) is 25.3 Å². The molecule has 1 heterocycles. The van der Waals surface area contributed by atoms with E-state index in [0.717, 1.165) is 0 Å². The summed E-state index contributed by atoms with van der Waals surface area (Å²) in [6, 6.07) is 3.32. The number of aliphatic hydroxyl groups is 1. The van der Waals surface area contributed by atoms with Gasteiger partial charge >= 0.3 is 0 Å². The SMILES string of the molecule is C[C@H](O)c1cc(Cl)ccn1. The van der Waals surface area contributed by atoms with Crippen molar-refractivity contribution >= 4 is 11.6 Å². The zero-order valence-electron chi connectivity index (χ0n) is 5.58. The smallest absolute Gasteiger partial charge is 0.0932 e. The van der Waals surface area contributed by atoms with Crippen molar-refractivity contribution in [3.8, 4) is 0 Å². The topological polar surface area (TPSA) is 33.1 Å². The van der Waals surface area contributed by atoms with Gasteiger partial charge in [-0.15, -0.1) is 0 Å². The number of aromatic nitrogens is 1. The minimum Gasteiger partial charge on any atom is -0.387 e. The first kappa shape index (κ1) is 7.51. The highest BCUT2D eigenvalue weighted by atomic mass is 35.5. The molecule has 0 radical (unpaired) electrons. The van der Waals surface area contributed by atoms with Crippen LogP contribution in [0.2, 0.25) is 5.02 Å². The number of pyridine rings is 1. The highest BCUT2D eigenvalue weighted by Crippen LogP contribution is 2.13. The van der Waals surface area contributed by atoms with Crippen LogP contribution in [0.15, 0.2) is 18.3 Å². The van der Waals surface area contributed by atoms with Crippen molar-refractivity contribution in [1.82, 2.24) is 4.98 Å². The molecule has 0 fully saturated rings. The summed E-state index contributed by atoms with van der Waals surface area (Å²) >= 11 is 5.64. The Morgan fingerprint density at radius 2 is 2.40 bits per heavy atom. The maximum atomic E-state index is 9.03. The van der Waals surface area contributed by atoms with Crippen LogP contribution in [0.5, 0.6) is 0 Å². The molecule has 1 atom stereocenters. The average Bonchev–Trinajstić information content (AvgIpc) is 1.88. The molecule has 0 amide bonds. The molecule has 2 nitrogen and oxygen atoms in total. The summed E-state index contributed by atoms with van der Waals surface area (Å²) in [6.45, 7) is 1.65. The van der Waals surface area contributed by atoms with Crippen molar-refractivity contribution in [2.75, 3.05) is 0 Å². The lowest BCUT2D eigenvalue weighted by molar-refractivity contribution is 0.194. The van der Waals surface area contributed by atoms with E-state index in [0.29, 0.717) is 10.7 Å². The monoisotopic (exact) mass is 157 g/mol. The molecule has 1 N–H and O–H groups in total. The van der Waals surface area contributed by atoms with E-state index in [1.807, 2.05) is 0 Å². The van der Waals surface area contributed by atoms with Gasteiger partial charge in [0.25, 0.3) is 0 Å². The third-order valence-corrected chi connectivity index (χ3v) is 1.41. The van der Waals surface area contributed by atoms with Crippen LogP contribution in [0, 0.1) is 0 Å². The van der Waals surface area contributed by atoms with Crippen molar-refractivity contribution in [3.05, 3.63) is 29.0 Å². The Kier molecular flexibility index (Phi) is 2.25. The quantitative estimate of drug-likeness (QED) is 0.674. The molecule has 0 aliphatic carbocycles. The highest BCUT2D eigenvalue weighted by molar-refractivity contribution is 6.30. The van der Waals surface area contributed by atoms with Gasteiger partial charge in [-0.05, 0) is 19.1 Å². The summed E-state index contributed by atoms with van der Waals surface area (Å²) in [4.78, 5) is 3.90. The Hall–Kier alpha value is -0.600. The molecule has 1 aromatic rings. The first-order valence-electron chi connectivity index (χ1n) is 2.99. The van der Waals surface area contributed by atoms with Gasteiger partial charge < -0.3 is 5.11 Å². The van der Waals surface area contributed by atoms with E-state index in [-0.39, 0.29) is 0 Å². The second-order valence-electron chi connectivity index (χ2n) is 2.07. The molecule has 0 saturated carbocycles. The molecule has 0 bridgehead atoms. The minimum atomic E-state index is -0.543. The summed E-state index contributed by atoms with van der Waals surface area (Å²) < 4.78 is 0. The van der Waals surface area contributed by atoms with Crippen LogP contribution in [0.25, 0.3) is 0 Å². The van der Waals surface area contributed by atoms with Crippen LogP contribution in [0.4, 0.5) is 0 Å². The summed E-state index contributed by atoms with van der Waals surface area (Å²) in [7, 11) is 0. The molecule has 0 aliphatic rings. The van der Waals surface area contributed by atoms with Gasteiger partial charge in [0.05, 0.1) is 11.8 Å². The van der Waals surface area contributed by atoms with E-state index < -0.39 is 6.10 Å². The van der Waals surface area contributed by atoms with Gasteiger partial charge in [-0.1, -0.05) is 11.6 Å². The number of aliphatic hydroxyl groups excluding tert-OH is 1. The van der Waals surface area contributed by atoms with Crippen LogP contribution in [-0.4, -0.2) is 10.1 Å². The summed E-state index contributed by atoms with van der Waals surface area (Å²) in [6.07, 6.45) is 1.03. The van der Waals surface area contributed by atoms with Crippen LogP contribution < -0.4 is 0 Å². The first-order valence-corrected chi connectivity index (χ1v) is 3.37. The maximum absolute atomic E-state index is 9.03. The van der Waals surface area contributed by atoms with Crippen LogP contribution >= 0.6 is 11.6 Å². The molecule has 3 heteroatoms. The van der Waals surface area contributed by atoms with Gasteiger partial charge in [-0.2, -0.15) is 0 Å². The molecule has 1 rings (SSSR count). The fraction of sp³-hybridized carbons (Fsp3) is 0.286. The first-order chi connectivity index (χ1) is 4.70. The van der Waals surface area contributed by atoms with Crippen molar-refractivity contribution < 1.29 is 5.11 Å². The Balaban J connectivity index is 2.96. The third kappa shape index (κ3) is 1.69. The summed E-state index contributed by atoms with van der Waals surface area (Å²) in [5.74, 6) is 0. The normalized spacial score (nSPS) is 13.1. The predicted molar refractivity (Wildman–Crippen MR) is 39.9 cm³/mol. The lowest BCUT2D eigenvalue weighted by Crippen LogP contribution is -1.93. The molecule has 0 unspecified atom stereocenters. The molecular formula is C7H8ClNO. The Labute approximate surface area is 64.5 Å². The molecule has 0 aromatic carbocycles. The summed E-state index contributed by atoms with van der Waals surface area (Å²) in [5.41, 5.74) is 0.604. The fourth-order valence-electron chi connectivity index (χ4n) is 0.650. The second-order valence-corrected chi connectivity index (χ2v) is 2.51. The predicted octanol–water partition coefficient (Wildman–Crippen LogP) is 1.79. The lowest BCUT2D eigenvalue weighted by Gasteiger charge is -2.01. The average molecular weight is 158 g/mol. The molecular weight excluding hydrogens is 150 g/mol. The summed E-state index contributed by atoms with van der Waals surface area (Å²) in [5, 5.41) is 9.63. The van der Waals surface area contributed by atoms with E-state index in [2.05, 4.69) is 4.98 Å². The Morgan fingerprint density at radius 3 is 2.80 bits per heavy atom. The van der Waals surface area contributed by atoms with E-state index in [4.69, 9.17) is 16.7 Å². The Morgan fingerprint density at radius 1 is 1.70 bits per heavy atom. The van der Waals surface area contributed by atoms with Crippen molar-refractivity contribution in [1.29, 1.82) is 0 Å². The van der Waals surface area contributed by atoms with Gasteiger partial charge in [-0.25, -0.2) is 0 Å². The molecule has 0 spiro atoms. The molecule has 1 aromatic heterocycles. The highest BCUT2D eigenvalue weighted by Gasteiger charge is 2.00. The van der Waals surface area contributed by atoms with Crippen molar-refractivity contribution in [3.63, 3.8) is 0 Å². The molecule has 0 saturated heterocycles. The van der Waals surface area contributed by atoms with E-state index in [1.165, 1.54) is 0 Å². The van der Waals surface area contributed by atoms with Crippen molar-refractivity contribution in [2.24, 2.45) is 0 Å². The third-order valence-electron chi connectivity index (χ3n) is 1.17. The number of hydrogen-bond donors (Lipinski definition) is 1. The fourth-order valence-corrected chi connectivity index (χ4v) is 0.818. The van der Waals surface area contributed by atoms with Gasteiger partial charge in [0, 0.05) is 11.2 Å². The maximum Gasteiger partial charge on any atom is 0.0932 e. The molecule has 0 aliphatic heterocycles. The van der Waals surface area contributed by atoms with E-state index >= 15 is 0 Å². The number of halogens is 1.